The fourth-order valence-corrected chi connectivity index (χ4v) is 2.48. The van der Waals surface area contributed by atoms with E-state index in [2.05, 4.69) is 18.9 Å². The van der Waals surface area contributed by atoms with Crippen LogP contribution in [0, 0.1) is 5.92 Å². The molecule has 1 aliphatic rings. The van der Waals surface area contributed by atoms with Crippen LogP contribution in [0.1, 0.15) is 62.8 Å². The third kappa shape index (κ3) is 2.83. The first-order valence-corrected chi connectivity index (χ1v) is 6.78. The molecule has 4 heteroatoms. The molecule has 1 saturated carbocycles. The van der Waals surface area contributed by atoms with Crippen molar-refractivity contribution in [2.45, 2.75) is 51.6 Å². The van der Waals surface area contributed by atoms with Crippen molar-refractivity contribution in [1.82, 2.24) is 9.78 Å². The zero-order chi connectivity index (χ0) is 12.6. The molecule has 96 valence electrons. The van der Waals surface area contributed by atoms with Crippen molar-refractivity contribution in [1.29, 1.82) is 0 Å². The highest BCUT2D eigenvalue weighted by Gasteiger charge is 2.26. The Morgan fingerprint density at radius 2 is 2.12 bits per heavy atom. The molecule has 1 unspecified atom stereocenters. The summed E-state index contributed by atoms with van der Waals surface area (Å²) < 4.78 is 1.66. The molecular formula is C13H21ClN2O. The van der Waals surface area contributed by atoms with Gasteiger partial charge in [0.05, 0.1) is 11.8 Å². The van der Waals surface area contributed by atoms with Gasteiger partial charge in [0, 0.05) is 12.6 Å². The molecule has 1 fully saturated rings. The molecule has 0 aliphatic heterocycles. The van der Waals surface area contributed by atoms with E-state index in [9.17, 15) is 5.11 Å². The summed E-state index contributed by atoms with van der Waals surface area (Å²) in [6, 6.07) is 0. The van der Waals surface area contributed by atoms with Gasteiger partial charge in [-0.2, -0.15) is 5.10 Å². The molecule has 1 heterocycles. The Hall–Kier alpha value is -0.540. The number of rotatable bonds is 5. The van der Waals surface area contributed by atoms with Crippen LogP contribution in [-0.4, -0.2) is 14.9 Å². The van der Waals surface area contributed by atoms with Crippen molar-refractivity contribution in [3.05, 3.63) is 16.4 Å². The zero-order valence-corrected chi connectivity index (χ0v) is 11.5. The van der Waals surface area contributed by atoms with Crippen LogP contribution in [-0.2, 0) is 7.05 Å². The molecule has 1 aromatic rings. The molecule has 1 N–H and O–H groups in total. The summed E-state index contributed by atoms with van der Waals surface area (Å²) in [5, 5.41) is 15.3. The summed E-state index contributed by atoms with van der Waals surface area (Å²) in [6.45, 7) is 4.16. The Bertz CT molecular complexity index is 396. The van der Waals surface area contributed by atoms with Gasteiger partial charge in [-0.15, -0.1) is 0 Å². The van der Waals surface area contributed by atoms with Crippen LogP contribution in [0.2, 0.25) is 5.15 Å². The van der Waals surface area contributed by atoms with Crippen LogP contribution in [0.5, 0.6) is 0 Å². The van der Waals surface area contributed by atoms with Gasteiger partial charge in [-0.1, -0.05) is 38.3 Å². The number of halogens is 1. The summed E-state index contributed by atoms with van der Waals surface area (Å²) in [7, 11) is 1.82. The van der Waals surface area contributed by atoms with Gasteiger partial charge in [0.15, 0.2) is 0 Å². The van der Waals surface area contributed by atoms with E-state index >= 15 is 0 Å². The van der Waals surface area contributed by atoms with E-state index in [-0.39, 0.29) is 0 Å². The van der Waals surface area contributed by atoms with E-state index in [0.717, 1.165) is 30.0 Å². The first kappa shape index (κ1) is 12.9. The third-order valence-corrected chi connectivity index (χ3v) is 3.91. The number of aryl methyl sites for hydroxylation is 1. The monoisotopic (exact) mass is 256 g/mol. The van der Waals surface area contributed by atoms with Crippen LogP contribution in [0.25, 0.3) is 0 Å². The molecule has 0 bridgehead atoms. The molecule has 0 spiro atoms. The lowest BCUT2D eigenvalue weighted by molar-refractivity contribution is 0.161. The fourth-order valence-electron chi connectivity index (χ4n) is 2.22. The number of hydrogen-bond acceptors (Lipinski definition) is 2. The Balaban J connectivity index is 2.15. The predicted octanol–water partition coefficient (Wildman–Crippen LogP) is 3.42. The highest BCUT2D eigenvalue weighted by Crippen LogP contribution is 2.38. The first-order chi connectivity index (χ1) is 8.00. The maximum Gasteiger partial charge on any atom is 0.132 e. The van der Waals surface area contributed by atoms with Gasteiger partial charge in [-0.05, 0) is 24.7 Å². The molecular weight excluding hydrogens is 236 g/mol. The average molecular weight is 257 g/mol. The summed E-state index contributed by atoms with van der Waals surface area (Å²) in [6.07, 6.45) is 4.09. The number of aliphatic hydroxyl groups is 1. The maximum absolute atomic E-state index is 10.3. The highest BCUT2D eigenvalue weighted by atomic mass is 35.5. The van der Waals surface area contributed by atoms with Crippen LogP contribution in [0.4, 0.5) is 0 Å². The summed E-state index contributed by atoms with van der Waals surface area (Å²) in [5.41, 5.74) is 1.77. The first-order valence-electron chi connectivity index (χ1n) is 6.41. The van der Waals surface area contributed by atoms with Crippen molar-refractivity contribution in [3.8, 4) is 0 Å². The predicted molar refractivity (Wildman–Crippen MR) is 69.2 cm³/mol. The molecule has 2 rings (SSSR count). The van der Waals surface area contributed by atoms with Crippen molar-refractivity contribution >= 4 is 11.6 Å². The molecule has 0 radical (unpaired) electrons. The molecule has 3 nitrogen and oxygen atoms in total. The van der Waals surface area contributed by atoms with Gasteiger partial charge in [0.2, 0.25) is 0 Å². The summed E-state index contributed by atoms with van der Waals surface area (Å²) in [5.74, 6) is 1.13. The molecule has 1 aromatic heterocycles. The van der Waals surface area contributed by atoms with E-state index < -0.39 is 6.10 Å². The number of aliphatic hydroxyl groups excluding tert-OH is 1. The molecule has 17 heavy (non-hydrogen) atoms. The van der Waals surface area contributed by atoms with E-state index in [0.29, 0.717) is 11.1 Å². The van der Waals surface area contributed by atoms with Gasteiger partial charge in [-0.25, -0.2) is 0 Å². The normalized spacial score (nSPS) is 17.8. The minimum absolute atomic E-state index is 0.291. The van der Waals surface area contributed by atoms with E-state index in [1.807, 2.05) is 7.05 Å². The smallest absolute Gasteiger partial charge is 0.132 e. The van der Waals surface area contributed by atoms with Crippen LogP contribution in [0.15, 0.2) is 0 Å². The van der Waals surface area contributed by atoms with Gasteiger partial charge >= 0.3 is 0 Å². The maximum atomic E-state index is 10.3. The molecule has 1 aliphatic carbocycles. The largest absolute Gasteiger partial charge is 0.388 e. The fraction of sp³-hybridized carbons (Fsp3) is 0.769. The van der Waals surface area contributed by atoms with Crippen molar-refractivity contribution in [2.75, 3.05) is 0 Å². The van der Waals surface area contributed by atoms with E-state index in [1.54, 1.807) is 4.68 Å². The van der Waals surface area contributed by atoms with Crippen molar-refractivity contribution < 1.29 is 5.11 Å². The minimum atomic E-state index is -0.464. The second-order valence-corrected chi connectivity index (χ2v) is 5.76. The van der Waals surface area contributed by atoms with Crippen molar-refractivity contribution in [2.24, 2.45) is 13.0 Å². The quantitative estimate of drug-likeness (QED) is 0.877. The van der Waals surface area contributed by atoms with Crippen molar-refractivity contribution in [3.63, 3.8) is 0 Å². The number of aromatic nitrogens is 2. The summed E-state index contributed by atoms with van der Waals surface area (Å²) >= 11 is 6.22. The lowest BCUT2D eigenvalue weighted by Crippen LogP contribution is -2.03. The summed E-state index contributed by atoms with van der Waals surface area (Å²) in [4.78, 5) is 0. The third-order valence-electron chi connectivity index (χ3n) is 3.47. The van der Waals surface area contributed by atoms with Gasteiger partial charge in [-0.3, -0.25) is 4.68 Å². The van der Waals surface area contributed by atoms with Gasteiger partial charge in [0.1, 0.15) is 5.15 Å². The molecule has 1 atom stereocenters. The number of nitrogens with zero attached hydrogens (tertiary/aromatic N) is 2. The Labute approximate surface area is 108 Å². The molecule has 0 saturated heterocycles. The highest BCUT2D eigenvalue weighted by molar-refractivity contribution is 6.30. The van der Waals surface area contributed by atoms with E-state index in [4.69, 9.17) is 11.6 Å². The SMILES string of the molecule is CC(C)c1nn(C)c(Cl)c1C(O)CCC1CC1. The molecule has 0 amide bonds. The van der Waals surface area contributed by atoms with Gasteiger partial charge < -0.3 is 5.11 Å². The lowest BCUT2D eigenvalue weighted by Gasteiger charge is -2.12. The second-order valence-electron chi connectivity index (χ2n) is 5.40. The van der Waals surface area contributed by atoms with Crippen LogP contribution in [0.3, 0.4) is 0 Å². The van der Waals surface area contributed by atoms with E-state index in [1.165, 1.54) is 12.8 Å². The van der Waals surface area contributed by atoms with Gasteiger partial charge in [0.25, 0.3) is 0 Å². The Morgan fingerprint density at radius 3 is 2.65 bits per heavy atom. The zero-order valence-electron chi connectivity index (χ0n) is 10.8. The Morgan fingerprint density at radius 1 is 1.47 bits per heavy atom. The topological polar surface area (TPSA) is 38.0 Å². The standard InChI is InChI=1S/C13H21ClN2O/c1-8(2)12-11(13(14)16(3)15-12)10(17)7-6-9-4-5-9/h8-10,17H,4-7H2,1-3H3. The Kier molecular flexibility index (Phi) is 3.79. The lowest BCUT2D eigenvalue weighted by atomic mass is 9.99. The van der Waals surface area contributed by atoms with Crippen LogP contribution >= 0.6 is 11.6 Å². The average Bonchev–Trinajstić information content (AvgIpc) is 3.03. The van der Waals surface area contributed by atoms with Crippen LogP contribution < -0.4 is 0 Å². The number of hydrogen-bond donors (Lipinski definition) is 1. The molecule has 0 aromatic carbocycles. The minimum Gasteiger partial charge on any atom is -0.388 e. The second kappa shape index (κ2) is 4.99.